The molecule has 0 saturated heterocycles. The Kier molecular flexibility index (Phi) is 7.60. The number of nitrogens with one attached hydrogen (secondary N) is 1. The van der Waals surface area contributed by atoms with Crippen LogP contribution in [0.15, 0.2) is 71.6 Å². The summed E-state index contributed by atoms with van der Waals surface area (Å²) in [6.07, 6.45) is 5.26. The molecule has 0 bridgehead atoms. The zero-order chi connectivity index (χ0) is 25.0. The van der Waals surface area contributed by atoms with Gasteiger partial charge >= 0.3 is 0 Å². The Balaban J connectivity index is 1.60. The highest BCUT2D eigenvalue weighted by atomic mass is 32.2. The molecular weight excluding hydrogens is 456 g/mol. The average Bonchev–Trinajstić information content (AvgIpc) is 2.87. The summed E-state index contributed by atoms with van der Waals surface area (Å²) in [5.74, 6) is -0.336. The Hall–Kier alpha value is -3.12. The maximum Gasteiger partial charge on any atom is 0.264 e. The SMILES string of the molecule is CCc1ccccc1N(CC(=O)N[C@@H](C)c1ccc2c(c1)CCCC2)S(=O)(=O)c1ccc(C)cc1. The lowest BCUT2D eigenvalue weighted by Gasteiger charge is -2.27. The fourth-order valence-electron chi connectivity index (χ4n) is 4.71. The molecule has 35 heavy (non-hydrogen) atoms. The minimum atomic E-state index is -3.94. The average molecular weight is 491 g/mol. The molecule has 1 aliphatic carbocycles. The number of benzene rings is 3. The number of rotatable bonds is 8. The van der Waals surface area contributed by atoms with Crippen molar-refractivity contribution < 1.29 is 13.2 Å². The van der Waals surface area contributed by atoms with Crippen molar-refractivity contribution in [1.82, 2.24) is 5.32 Å². The van der Waals surface area contributed by atoms with Gasteiger partial charge in [0.05, 0.1) is 16.6 Å². The van der Waals surface area contributed by atoms with Crippen molar-refractivity contribution in [3.8, 4) is 0 Å². The Morgan fingerprint density at radius 3 is 2.37 bits per heavy atom. The molecule has 0 aromatic heterocycles. The predicted molar refractivity (Wildman–Crippen MR) is 141 cm³/mol. The summed E-state index contributed by atoms with van der Waals surface area (Å²) in [5, 5.41) is 3.03. The zero-order valence-electron chi connectivity index (χ0n) is 20.8. The number of para-hydroxylation sites is 1. The van der Waals surface area contributed by atoms with Crippen LogP contribution in [0.3, 0.4) is 0 Å². The Labute approximate surface area is 209 Å². The largest absolute Gasteiger partial charge is 0.348 e. The number of nitrogens with zero attached hydrogens (tertiary/aromatic N) is 1. The molecule has 5 nitrogen and oxygen atoms in total. The van der Waals surface area contributed by atoms with Gasteiger partial charge in [-0.15, -0.1) is 0 Å². The second-order valence-electron chi connectivity index (χ2n) is 9.33. The summed E-state index contributed by atoms with van der Waals surface area (Å²) in [6, 6.07) is 20.3. The van der Waals surface area contributed by atoms with Crippen LogP contribution in [0.1, 0.15) is 60.5 Å². The van der Waals surface area contributed by atoms with Crippen molar-refractivity contribution in [1.29, 1.82) is 0 Å². The van der Waals surface area contributed by atoms with Crippen LogP contribution >= 0.6 is 0 Å². The number of carbonyl (C=O) groups excluding carboxylic acids is 1. The molecule has 0 unspecified atom stereocenters. The van der Waals surface area contributed by atoms with Crippen LogP contribution in [0.4, 0.5) is 5.69 Å². The summed E-state index contributed by atoms with van der Waals surface area (Å²) in [7, 11) is -3.94. The summed E-state index contributed by atoms with van der Waals surface area (Å²) in [6.45, 7) is 5.55. The third-order valence-corrected chi connectivity index (χ3v) is 8.56. The van der Waals surface area contributed by atoms with Gasteiger partial charge in [-0.2, -0.15) is 0 Å². The fourth-order valence-corrected chi connectivity index (χ4v) is 6.17. The van der Waals surface area contributed by atoms with E-state index >= 15 is 0 Å². The molecule has 0 radical (unpaired) electrons. The highest BCUT2D eigenvalue weighted by molar-refractivity contribution is 7.92. The lowest BCUT2D eigenvalue weighted by Crippen LogP contribution is -2.42. The Bertz CT molecular complexity index is 1300. The maximum atomic E-state index is 13.7. The highest BCUT2D eigenvalue weighted by Gasteiger charge is 2.29. The van der Waals surface area contributed by atoms with Crippen LogP contribution in [-0.4, -0.2) is 20.9 Å². The number of carbonyl (C=O) groups is 1. The topological polar surface area (TPSA) is 66.5 Å². The minimum Gasteiger partial charge on any atom is -0.348 e. The third kappa shape index (κ3) is 5.59. The zero-order valence-corrected chi connectivity index (χ0v) is 21.6. The molecule has 0 spiro atoms. The van der Waals surface area contributed by atoms with Crippen molar-refractivity contribution in [3.05, 3.63) is 94.5 Å². The van der Waals surface area contributed by atoms with Gasteiger partial charge in [-0.3, -0.25) is 9.10 Å². The molecule has 1 amide bonds. The summed E-state index contributed by atoms with van der Waals surface area (Å²) >= 11 is 0. The standard InChI is InChI=1S/C29H34N2O3S/c1-4-23-9-7-8-12-28(23)31(35(33,34)27-17-13-21(2)14-18-27)20-29(32)30-22(3)25-16-15-24-10-5-6-11-26(24)19-25/h7-9,12-19,22H,4-6,10-11,20H2,1-3H3,(H,30,32)/t22-/m0/s1. The van der Waals surface area contributed by atoms with Gasteiger partial charge in [-0.05, 0) is 86.4 Å². The van der Waals surface area contributed by atoms with Crippen molar-refractivity contribution in [2.24, 2.45) is 0 Å². The molecular formula is C29H34N2O3S. The highest BCUT2D eigenvalue weighted by Crippen LogP contribution is 2.28. The maximum absolute atomic E-state index is 13.7. The molecule has 1 aliphatic rings. The number of amides is 1. The van der Waals surface area contributed by atoms with Crippen molar-refractivity contribution in [3.63, 3.8) is 0 Å². The first-order chi connectivity index (χ1) is 16.8. The molecule has 0 heterocycles. The monoisotopic (exact) mass is 490 g/mol. The quantitative estimate of drug-likeness (QED) is 0.453. The van der Waals surface area contributed by atoms with E-state index in [0.29, 0.717) is 12.1 Å². The van der Waals surface area contributed by atoms with Crippen LogP contribution in [-0.2, 0) is 34.1 Å². The molecule has 6 heteroatoms. The van der Waals surface area contributed by atoms with Gasteiger partial charge in [0.15, 0.2) is 0 Å². The van der Waals surface area contributed by atoms with Gasteiger partial charge in [-0.25, -0.2) is 8.42 Å². The van der Waals surface area contributed by atoms with Gasteiger partial charge in [0.2, 0.25) is 5.91 Å². The molecule has 4 rings (SSSR count). The van der Waals surface area contributed by atoms with E-state index in [1.165, 1.54) is 28.3 Å². The van der Waals surface area contributed by atoms with Crippen LogP contribution in [0.5, 0.6) is 0 Å². The first-order valence-electron chi connectivity index (χ1n) is 12.4. The molecule has 184 valence electrons. The number of aryl methyl sites for hydroxylation is 4. The van der Waals surface area contributed by atoms with Gasteiger partial charge in [-0.1, -0.05) is 61.0 Å². The van der Waals surface area contributed by atoms with Crippen LogP contribution in [0.25, 0.3) is 0 Å². The first kappa shape index (κ1) is 25.0. The van der Waals surface area contributed by atoms with Gasteiger partial charge in [0, 0.05) is 0 Å². The number of sulfonamides is 1. The molecule has 3 aromatic rings. The fraction of sp³-hybridized carbons (Fsp3) is 0.345. The molecule has 0 fully saturated rings. The molecule has 0 saturated carbocycles. The molecule has 3 aromatic carbocycles. The van der Waals surface area contributed by atoms with E-state index in [-0.39, 0.29) is 23.4 Å². The molecule has 1 N–H and O–H groups in total. The van der Waals surface area contributed by atoms with Crippen molar-refractivity contribution >= 4 is 21.6 Å². The van der Waals surface area contributed by atoms with Crippen molar-refractivity contribution in [2.45, 2.75) is 63.8 Å². The normalized spacial score (nSPS) is 14.1. The van der Waals surface area contributed by atoms with Crippen LogP contribution < -0.4 is 9.62 Å². The number of hydrogen-bond acceptors (Lipinski definition) is 3. The molecule has 0 aliphatic heterocycles. The van der Waals surface area contributed by atoms with E-state index in [1.807, 2.05) is 32.9 Å². The van der Waals surface area contributed by atoms with Gasteiger partial charge < -0.3 is 5.32 Å². The summed E-state index contributed by atoms with van der Waals surface area (Å²) in [4.78, 5) is 13.4. The Morgan fingerprint density at radius 2 is 1.66 bits per heavy atom. The van der Waals surface area contributed by atoms with E-state index in [9.17, 15) is 13.2 Å². The van der Waals surface area contributed by atoms with Crippen molar-refractivity contribution in [2.75, 3.05) is 10.8 Å². The second-order valence-corrected chi connectivity index (χ2v) is 11.2. The van der Waals surface area contributed by atoms with Gasteiger partial charge in [0.1, 0.15) is 6.54 Å². The Morgan fingerprint density at radius 1 is 0.971 bits per heavy atom. The predicted octanol–water partition coefficient (Wildman–Crippen LogP) is 5.51. The molecule has 1 atom stereocenters. The summed E-state index contributed by atoms with van der Waals surface area (Å²) in [5.41, 5.74) is 6.17. The van der Waals surface area contributed by atoms with E-state index in [0.717, 1.165) is 29.5 Å². The second kappa shape index (κ2) is 10.6. The third-order valence-electron chi connectivity index (χ3n) is 6.79. The van der Waals surface area contributed by atoms with E-state index in [4.69, 9.17) is 0 Å². The van der Waals surface area contributed by atoms with E-state index < -0.39 is 10.0 Å². The first-order valence-corrected chi connectivity index (χ1v) is 13.8. The van der Waals surface area contributed by atoms with Crippen LogP contribution in [0.2, 0.25) is 0 Å². The number of hydrogen-bond donors (Lipinski definition) is 1. The smallest absolute Gasteiger partial charge is 0.264 e. The lowest BCUT2D eigenvalue weighted by atomic mass is 9.89. The lowest BCUT2D eigenvalue weighted by molar-refractivity contribution is -0.120. The number of anilines is 1. The summed E-state index contributed by atoms with van der Waals surface area (Å²) < 4.78 is 28.7. The minimum absolute atomic E-state index is 0.171. The number of fused-ring (bicyclic) bond motifs is 1. The van der Waals surface area contributed by atoms with E-state index in [1.54, 1.807) is 36.4 Å². The van der Waals surface area contributed by atoms with Crippen LogP contribution in [0, 0.1) is 6.92 Å². The van der Waals surface area contributed by atoms with E-state index in [2.05, 4.69) is 23.5 Å². The van der Waals surface area contributed by atoms with Gasteiger partial charge in [0.25, 0.3) is 10.0 Å².